The number of carbonyl (C=O) groups is 1. The molecule has 1 amide bonds. The normalized spacial score (nSPS) is 18.9. The Morgan fingerprint density at radius 2 is 2.39 bits per heavy atom. The highest BCUT2D eigenvalue weighted by Crippen LogP contribution is 2.19. The molecule has 3 nitrogen and oxygen atoms in total. The zero-order valence-electron chi connectivity index (χ0n) is 10.2. The molecule has 1 unspecified atom stereocenters. The maximum absolute atomic E-state index is 13.7. The van der Waals surface area contributed by atoms with E-state index in [9.17, 15) is 9.18 Å². The SMILES string of the molecule is CCN(C(=O)c1cc(Br)ccc1F)C1CCNC1. The third-order valence-corrected chi connectivity index (χ3v) is 3.73. The number of likely N-dealkylation sites (N-methyl/N-ethyl adjacent to an activating group) is 1. The zero-order chi connectivity index (χ0) is 13.1. The van der Waals surface area contributed by atoms with Crippen molar-refractivity contribution in [1.82, 2.24) is 10.2 Å². The van der Waals surface area contributed by atoms with Crippen molar-refractivity contribution in [3.05, 3.63) is 34.1 Å². The van der Waals surface area contributed by atoms with Crippen LogP contribution in [0.5, 0.6) is 0 Å². The summed E-state index contributed by atoms with van der Waals surface area (Å²) in [4.78, 5) is 14.1. The molecule has 1 fully saturated rings. The van der Waals surface area contributed by atoms with Gasteiger partial charge in [0.05, 0.1) is 5.56 Å². The van der Waals surface area contributed by atoms with Crippen molar-refractivity contribution in [2.45, 2.75) is 19.4 Å². The smallest absolute Gasteiger partial charge is 0.257 e. The summed E-state index contributed by atoms with van der Waals surface area (Å²) in [5, 5.41) is 3.22. The minimum absolute atomic E-state index is 0.137. The Morgan fingerprint density at radius 1 is 1.61 bits per heavy atom. The van der Waals surface area contributed by atoms with Crippen LogP contribution >= 0.6 is 15.9 Å². The van der Waals surface area contributed by atoms with E-state index >= 15 is 0 Å². The number of nitrogens with zero attached hydrogens (tertiary/aromatic N) is 1. The first-order chi connectivity index (χ1) is 8.63. The van der Waals surface area contributed by atoms with Crippen LogP contribution in [0.3, 0.4) is 0 Å². The standard InChI is InChI=1S/C13H16BrFN2O/c1-2-17(10-5-6-16-8-10)13(18)11-7-9(14)3-4-12(11)15/h3-4,7,10,16H,2,5-6,8H2,1H3. The molecule has 0 radical (unpaired) electrons. The molecule has 0 aliphatic carbocycles. The lowest BCUT2D eigenvalue weighted by atomic mass is 10.1. The van der Waals surface area contributed by atoms with Gasteiger partial charge >= 0.3 is 0 Å². The molecule has 0 bridgehead atoms. The molecule has 1 saturated heterocycles. The van der Waals surface area contributed by atoms with Gasteiger partial charge in [0, 0.05) is 23.6 Å². The van der Waals surface area contributed by atoms with Crippen LogP contribution in [-0.2, 0) is 0 Å². The maximum Gasteiger partial charge on any atom is 0.257 e. The van der Waals surface area contributed by atoms with Gasteiger partial charge in [-0.25, -0.2) is 4.39 Å². The molecular formula is C13H16BrFN2O. The van der Waals surface area contributed by atoms with Crippen LogP contribution in [0.25, 0.3) is 0 Å². The van der Waals surface area contributed by atoms with Crippen LogP contribution in [0.2, 0.25) is 0 Å². The van der Waals surface area contributed by atoms with Crippen molar-refractivity contribution in [2.75, 3.05) is 19.6 Å². The lowest BCUT2D eigenvalue weighted by Crippen LogP contribution is -2.41. The van der Waals surface area contributed by atoms with Gasteiger partial charge in [0.1, 0.15) is 5.82 Å². The topological polar surface area (TPSA) is 32.3 Å². The van der Waals surface area contributed by atoms with Crippen molar-refractivity contribution in [1.29, 1.82) is 0 Å². The van der Waals surface area contributed by atoms with Crippen LogP contribution in [-0.4, -0.2) is 36.5 Å². The predicted octanol–water partition coefficient (Wildman–Crippen LogP) is 2.41. The fourth-order valence-corrected chi connectivity index (χ4v) is 2.65. The van der Waals surface area contributed by atoms with E-state index in [1.807, 2.05) is 6.92 Å². The number of halogens is 2. The van der Waals surface area contributed by atoms with Crippen molar-refractivity contribution in [2.24, 2.45) is 0 Å². The fourth-order valence-electron chi connectivity index (χ4n) is 2.29. The third-order valence-electron chi connectivity index (χ3n) is 3.24. The first-order valence-electron chi connectivity index (χ1n) is 6.10. The molecule has 1 aromatic carbocycles. The second-order valence-electron chi connectivity index (χ2n) is 4.36. The van der Waals surface area contributed by atoms with Crippen LogP contribution in [0.4, 0.5) is 4.39 Å². The number of nitrogens with one attached hydrogen (secondary N) is 1. The van der Waals surface area contributed by atoms with Gasteiger partial charge in [0.15, 0.2) is 0 Å². The molecule has 1 atom stereocenters. The third kappa shape index (κ3) is 2.72. The summed E-state index contributed by atoms with van der Waals surface area (Å²) in [7, 11) is 0. The molecule has 1 heterocycles. The minimum atomic E-state index is -0.465. The molecular weight excluding hydrogens is 299 g/mol. The van der Waals surface area contributed by atoms with Crippen molar-refractivity contribution < 1.29 is 9.18 Å². The zero-order valence-corrected chi connectivity index (χ0v) is 11.8. The maximum atomic E-state index is 13.7. The van der Waals surface area contributed by atoms with Gasteiger partial charge in [-0.1, -0.05) is 15.9 Å². The number of hydrogen-bond donors (Lipinski definition) is 1. The van der Waals surface area contributed by atoms with E-state index < -0.39 is 5.82 Å². The van der Waals surface area contributed by atoms with Gasteiger partial charge < -0.3 is 10.2 Å². The monoisotopic (exact) mass is 314 g/mol. The number of hydrogen-bond acceptors (Lipinski definition) is 2. The Balaban J connectivity index is 2.25. The Morgan fingerprint density at radius 3 is 3.00 bits per heavy atom. The molecule has 1 N–H and O–H groups in total. The highest BCUT2D eigenvalue weighted by Gasteiger charge is 2.27. The van der Waals surface area contributed by atoms with Gasteiger partial charge in [0.25, 0.3) is 5.91 Å². The highest BCUT2D eigenvalue weighted by atomic mass is 79.9. The molecule has 1 aliphatic heterocycles. The van der Waals surface area contributed by atoms with E-state index in [-0.39, 0.29) is 17.5 Å². The lowest BCUT2D eigenvalue weighted by Gasteiger charge is -2.27. The van der Waals surface area contributed by atoms with E-state index in [0.717, 1.165) is 19.5 Å². The molecule has 1 aromatic rings. The van der Waals surface area contributed by atoms with Crippen molar-refractivity contribution in [3.8, 4) is 0 Å². The number of amides is 1. The Labute approximate surface area is 114 Å². The van der Waals surface area contributed by atoms with E-state index in [1.165, 1.54) is 6.07 Å². The summed E-state index contributed by atoms with van der Waals surface area (Å²) in [6.07, 6.45) is 0.926. The molecule has 1 aliphatic rings. The van der Waals surface area contributed by atoms with Crippen LogP contribution in [0, 0.1) is 5.82 Å². The Hall–Kier alpha value is -0.940. The minimum Gasteiger partial charge on any atom is -0.335 e. The summed E-state index contributed by atoms with van der Waals surface area (Å²) < 4.78 is 14.4. The van der Waals surface area contributed by atoms with Crippen LogP contribution < -0.4 is 5.32 Å². The first kappa shape index (κ1) is 13.5. The van der Waals surface area contributed by atoms with Crippen molar-refractivity contribution >= 4 is 21.8 Å². The van der Waals surface area contributed by atoms with Gasteiger partial charge in [-0.15, -0.1) is 0 Å². The molecule has 0 saturated carbocycles. The number of carbonyl (C=O) groups excluding carboxylic acids is 1. The highest BCUT2D eigenvalue weighted by molar-refractivity contribution is 9.10. The Bertz CT molecular complexity index is 447. The molecule has 2 rings (SSSR count). The fraction of sp³-hybridized carbons (Fsp3) is 0.462. The number of benzene rings is 1. The average Bonchev–Trinajstić information content (AvgIpc) is 2.87. The quantitative estimate of drug-likeness (QED) is 0.929. The average molecular weight is 315 g/mol. The van der Waals surface area contributed by atoms with Gasteiger partial charge in [-0.05, 0) is 38.1 Å². The summed E-state index contributed by atoms with van der Waals surface area (Å²) in [6, 6.07) is 4.63. The second-order valence-corrected chi connectivity index (χ2v) is 5.28. The van der Waals surface area contributed by atoms with E-state index in [2.05, 4.69) is 21.2 Å². The van der Waals surface area contributed by atoms with Gasteiger partial charge in [-0.2, -0.15) is 0 Å². The Kier molecular flexibility index (Phi) is 4.35. The van der Waals surface area contributed by atoms with E-state index in [4.69, 9.17) is 0 Å². The molecule has 98 valence electrons. The van der Waals surface area contributed by atoms with Crippen molar-refractivity contribution in [3.63, 3.8) is 0 Å². The molecule has 5 heteroatoms. The molecule has 0 aromatic heterocycles. The number of rotatable bonds is 3. The first-order valence-corrected chi connectivity index (χ1v) is 6.89. The van der Waals surface area contributed by atoms with E-state index in [1.54, 1.807) is 17.0 Å². The van der Waals surface area contributed by atoms with E-state index in [0.29, 0.717) is 11.0 Å². The molecule has 18 heavy (non-hydrogen) atoms. The predicted molar refractivity (Wildman–Crippen MR) is 72.1 cm³/mol. The summed E-state index contributed by atoms with van der Waals surface area (Å²) in [5.74, 6) is -0.697. The second kappa shape index (κ2) is 5.80. The molecule has 0 spiro atoms. The summed E-state index contributed by atoms with van der Waals surface area (Å²) in [5.41, 5.74) is 0.137. The summed E-state index contributed by atoms with van der Waals surface area (Å²) in [6.45, 7) is 4.22. The summed E-state index contributed by atoms with van der Waals surface area (Å²) >= 11 is 3.27. The van der Waals surface area contributed by atoms with Crippen LogP contribution in [0.1, 0.15) is 23.7 Å². The van der Waals surface area contributed by atoms with Crippen LogP contribution in [0.15, 0.2) is 22.7 Å². The largest absolute Gasteiger partial charge is 0.335 e. The van der Waals surface area contributed by atoms with Gasteiger partial charge in [0.2, 0.25) is 0 Å². The van der Waals surface area contributed by atoms with Gasteiger partial charge in [-0.3, -0.25) is 4.79 Å². The lowest BCUT2D eigenvalue weighted by molar-refractivity contribution is 0.0699.